The first-order valence-electron chi connectivity index (χ1n) is 4.61. The Morgan fingerprint density at radius 1 is 1.31 bits per heavy atom. The maximum atomic E-state index is 11.1. The topological polar surface area (TPSA) is 86.5 Å². The third-order valence-electron chi connectivity index (χ3n) is 1.87. The van der Waals surface area contributed by atoms with Crippen LogP contribution in [0.15, 0.2) is 29.2 Å². The molecule has 0 atom stereocenters. The van der Waals surface area contributed by atoms with Crippen LogP contribution in [0.1, 0.15) is 6.42 Å². The molecule has 88 valence electrons. The summed E-state index contributed by atoms with van der Waals surface area (Å²) in [4.78, 5) is 10.7. The average molecular weight is 243 g/mol. The minimum atomic E-state index is -3.18. The van der Waals surface area contributed by atoms with Crippen LogP contribution in [0.3, 0.4) is 0 Å². The smallest absolute Gasteiger partial charge is 0.220 e. The molecular weight excluding hydrogens is 230 g/mol. The average Bonchev–Trinajstić information content (AvgIpc) is 2.16. The number of rotatable bonds is 5. The van der Waals surface area contributed by atoms with Crippen LogP contribution in [0, 0.1) is 0 Å². The van der Waals surface area contributed by atoms with Gasteiger partial charge in [0, 0.05) is 6.26 Å². The molecule has 0 unspecified atom stereocenters. The van der Waals surface area contributed by atoms with Crippen molar-refractivity contribution in [2.24, 2.45) is 5.73 Å². The Morgan fingerprint density at radius 3 is 2.31 bits per heavy atom. The third kappa shape index (κ3) is 3.90. The number of benzene rings is 1. The molecule has 6 heteroatoms. The van der Waals surface area contributed by atoms with E-state index in [9.17, 15) is 13.2 Å². The molecule has 0 aliphatic rings. The molecule has 0 saturated carbocycles. The molecule has 1 amide bonds. The molecule has 1 aromatic rings. The molecule has 0 saturated heterocycles. The number of hydrogen-bond donors (Lipinski definition) is 1. The molecule has 0 aromatic heterocycles. The normalized spacial score (nSPS) is 11.1. The fourth-order valence-electron chi connectivity index (χ4n) is 1.05. The Labute approximate surface area is 94.1 Å². The molecule has 0 aliphatic carbocycles. The Morgan fingerprint density at radius 2 is 1.88 bits per heavy atom. The molecule has 2 N–H and O–H groups in total. The van der Waals surface area contributed by atoms with Gasteiger partial charge in [0.05, 0.1) is 17.9 Å². The largest absolute Gasteiger partial charge is 0.493 e. The summed E-state index contributed by atoms with van der Waals surface area (Å²) in [6, 6.07) is 5.98. The van der Waals surface area contributed by atoms with Crippen LogP contribution in [0.25, 0.3) is 0 Å². The van der Waals surface area contributed by atoms with E-state index in [1.807, 2.05) is 0 Å². The van der Waals surface area contributed by atoms with Crippen molar-refractivity contribution in [3.05, 3.63) is 24.3 Å². The number of carbonyl (C=O) groups is 1. The molecule has 0 spiro atoms. The number of nitrogens with two attached hydrogens (primary N) is 1. The lowest BCUT2D eigenvalue weighted by Gasteiger charge is -2.05. The van der Waals surface area contributed by atoms with E-state index >= 15 is 0 Å². The Balaban J connectivity index is 2.62. The predicted octanol–water partition coefficient (Wildman–Crippen LogP) is 0.344. The van der Waals surface area contributed by atoms with Gasteiger partial charge in [-0.2, -0.15) is 0 Å². The number of primary amides is 1. The van der Waals surface area contributed by atoms with Gasteiger partial charge >= 0.3 is 0 Å². The van der Waals surface area contributed by atoms with Crippen molar-refractivity contribution in [1.29, 1.82) is 0 Å². The molecule has 1 rings (SSSR count). The van der Waals surface area contributed by atoms with Crippen molar-refractivity contribution >= 4 is 15.7 Å². The minimum Gasteiger partial charge on any atom is -0.493 e. The summed E-state index contributed by atoms with van der Waals surface area (Å²) in [5, 5.41) is 0. The van der Waals surface area contributed by atoms with Gasteiger partial charge in [0.1, 0.15) is 5.75 Å². The van der Waals surface area contributed by atoms with Gasteiger partial charge in [-0.15, -0.1) is 0 Å². The summed E-state index contributed by atoms with van der Waals surface area (Å²) in [6.45, 7) is 0.188. The quantitative estimate of drug-likeness (QED) is 0.808. The summed E-state index contributed by atoms with van der Waals surface area (Å²) < 4.78 is 27.5. The number of ether oxygens (including phenoxy) is 1. The Hall–Kier alpha value is -1.56. The van der Waals surface area contributed by atoms with Crippen LogP contribution in [0.5, 0.6) is 5.75 Å². The van der Waals surface area contributed by atoms with E-state index in [1.165, 1.54) is 24.3 Å². The van der Waals surface area contributed by atoms with Gasteiger partial charge in [0.25, 0.3) is 0 Å². The highest BCUT2D eigenvalue weighted by atomic mass is 32.2. The Bertz CT molecular complexity index is 464. The van der Waals surface area contributed by atoms with Crippen molar-refractivity contribution in [3.63, 3.8) is 0 Å². The number of hydrogen-bond acceptors (Lipinski definition) is 4. The zero-order chi connectivity index (χ0) is 12.2. The number of sulfone groups is 1. The fourth-order valence-corrected chi connectivity index (χ4v) is 1.68. The molecule has 0 aliphatic heterocycles. The van der Waals surface area contributed by atoms with Crippen LogP contribution in [0.2, 0.25) is 0 Å². The second-order valence-electron chi connectivity index (χ2n) is 3.31. The van der Waals surface area contributed by atoms with Crippen LogP contribution < -0.4 is 10.5 Å². The van der Waals surface area contributed by atoms with Crippen LogP contribution in [-0.2, 0) is 14.6 Å². The lowest BCUT2D eigenvalue weighted by molar-refractivity contribution is -0.118. The molecule has 0 radical (unpaired) electrons. The van der Waals surface area contributed by atoms with Crippen molar-refractivity contribution in [2.45, 2.75) is 11.3 Å². The van der Waals surface area contributed by atoms with Crippen molar-refractivity contribution in [1.82, 2.24) is 0 Å². The van der Waals surface area contributed by atoms with Crippen molar-refractivity contribution in [2.75, 3.05) is 12.9 Å². The van der Waals surface area contributed by atoms with E-state index in [2.05, 4.69) is 0 Å². The summed E-state index contributed by atoms with van der Waals surface area (Å²) in [6.07, 6.45) is 1.27. The molecule has 1 aromatic carbocycles. The fraction of sp³-hybridized carbons (Fsp3) is 0.300. The minimum absolute atomic E-state index is 0.133. The first kappa shape index (κ1) is 12.5. The highest BCUT2D eigenvalue weighted by Crippen LogP contribution is 2.15. The first-order valence-corrected chi connectivity index (χ1v) is 6.50. The van der Waals surface area contributed by atoms with Crippen molar-refractivity contribution in [3.8, 4) is 5.75 Å². The van der Waals surface area contributed by atoms with Gasteiger partial charge in [-0.1, -0.05) is 0 Å². The zero-order valence-electron chi connectivity index (χ0n) is 8.84. The van der Waals surface area contributed by atoms with E-state index < -0.39 is 15.7 Å². The lowest BCUT2D eigenvalue weighted by atomic mass is 10.3. The summed E-state index contributed by atoms with van der Waals surface area (Å²) in [5.74, 6) is 0.0707. The van der Waals surface area contributed by atoms with Gasteiger partial charge in [-0.3, -0.25) is 4.79 Å². The molecule has 5 nitrogen and oxygen atoms in total. The van der Waals surface area contributed by atoms with Gasteiger partial charge in [-0.05, 0) is 24.3 Å². The van der Waals surface area contributed by atoms with Crippen LogP contribution in [-0.4, -0.2) is 27.2 Å². The van der Waals surface area contributed by atoms with Crippen LogP contribution in [0.4, 0.5) is 0 Å². The summed E-state index contributed by atoms with van der Waals surface area (Å²) in [5.41, 5.74) is 4.94. The molecule has 0 heterocycles. The number of carbonyl (C=O) groups excluding carboxylic acids is 1. The second-order valence-corrected chi connectivity index (χ2v) is 5.32. The van der Waals surface area contributed by atoms with Gasteiger partial charge < -0.3 is 10.5 Å². The molecule has 0 fully saturated rings. The van der Waals surface area contributed by atoms with Crippen LogP contribution >= 0.6 is 0 Å². The van der Waals surface area contributed by atoms with E-state index in [4.69, 9.17) is 10.5 Å². The first-order chi connectivity index (χ1) is 7.39. The second kappa shape index (κ2) is 4.98. The van der Waals surface area contributed by atoms with E-state index in [1.54, 1.807) is 0 Å². The SMILES string of the molecule is CS(=O)(=O)c1ccc(OCCC(N)=O)cc1. The summed E-state index contributed by atoms with van der Waals surface area (Å²) in [7, 11) is -3.18. The zero-order valence-corrected chi connectivity index (χ0v) is 9.66. The van der Waals surface area contributed by atoms with Crippen molar-refractivity contribution < 1.29 is 17.9 Å². The third-order valence-corrected chi connectivity index (χ3v) is 3.00. The van der Waals surface area contributed by atoms with E-state index in [-0.39, 0.29) is 17.9 Å². The Kier molecular flexibility index (Phi) is 3.89. The maximum Gasteiger partial charge on any atom is 0.220 e. The highest BCUT2D eigenvalue weighted by Gasteiger charge is 2.06. The maximum absolute atomic E-state index is 11.1. The molecule has 0 bridgehead atoms. The van der Waals surface area contributed by atoms with Gasteiger partial charge in [0.15, 0.2) is 9.84 Å². The highest BCUT2D eigenvalue weighted by molar-refractivity contribution is 7.90. The summed E-state index contributed by atoms with van der Waals surface area (Å²) >= 11 is 0. The van der Waals surface area contributed by atoms with E-state index in [0.29, 0.717) is 5.75 Å². The predicted molar refractivity (Wildman–Crippen MR) is 58.9 cm³/mol. The monoisotopic (exact) mass is 243 g/mol. The van der Waals surface area contributed by atoms with Gasteiger partial charge in [-0.25, -0.2) is 8.42 Å². The molecule has 16 heavy (non-hydrogen) atoms. The number of amides is 1. The van der Waals surface area contributed by atoms with E-state index in [0.717, 1.165) is 6.26 Å². The molecular formula is C10H13NO4S. The lowest BCUT2D eigenvalue weighted by Crippen LogP contribution is -2.14. The van der Waals surface area contributed by atoms with Gasteiger partial charge in [0.2, 0.25) is 5.91 Å². The standard InChI is InChI=1S/C10H13NO4S/c1-16(13,14)9-4-2-8(3-5-9)15-7-6-10(11)12/h2-5H,6-7H2,1H3,(H2,11,12).